The molecule has 4 aromatic rings. The fourth-order valence-electron chi connectivity index (χ4n) is 3.38. The van der Waals surface area contributed by atoms with E-state index in [0.29, 0.717) is 16.5 Å². The van der Waals surface area contributed by atoms with Gasteiger partial charge in [0, 0.05) is 29.0 Å². The van der Waals surface area contributed by atoms with Crippen molar-refractivity contribution in [2.75, 3.05) is 5.32 Å². The minimum Gasteiger partial charge on any atom is -0.478 e. The van der Waals surface area contributed by atoms with E-state index >= 15 is 0 Å². The van der Waals surface area contributed by atoms with E-state index in [1.165, 1.54) is 22.9 Å². The van der Waals surface area contributed by atoms with E-state index < -0.39 is 17.3 Å². The molecule has 4 rings (SSSR count). The topological polar surface area (TPSA) is 128 Å². The van der Waals surface area contributed by atoms with Gasteiger partial charge in [0.15, 0.2) is 0 Å². The number of hydrogen-bond acceptors (Lipinski definition) is 7. The molecule has 0 amide bonds. The number of pyridine rings is 1. The first kappa shape index (κ1) is 24.7. The highest BCUT2D eigenvalue weighted by molar-refractivity contribution is 6.30. The maximum absolute atomic E-state index is 13.2. The number of ether oxygens (including phenoxy) is 1. The number of aromatic nitrogens is 4. The van der Waals surface area contributed by atoms with Crippen LogP contribution in [-0.2, 0) is 6.54 Å². The van der Waals surface area contributed by atoms with E-state index in [1.54, 1.807) is 62.4 Å². The van der Waals surface area contributed by atoms with E-state index in [-0.39, 0.29) is 30.0 Å². The van der Waals surface area contributed by atoms with Crippen molar-refractivity contribution >= 4 is 29.2 Å². The Bertz CT molecular complexity index is 1490. The van der Waals surface area contributed by atoms with Crippen LogP contribution in [0.1, 0.15) is 35.8 Å². The summed E-state index contributed by atoms with van der Waals surface area (Å²) >= 11 is 5.98. The number of carboxylic acids is 1. The van der Waals surface area contributed by atoms with Gasteiger partial charge in [-0.25, -0.2) is 23.9 Å². The lowest BCUT2D eigenvalue weighted by Crippen LogP contribution is -2.43. The van der Waals surface area contributed by atoms with Gasteiger partial charge in [-0.1, -0.05) is 23.7 Å². The molecule has 0 unspecified atom stereocenters. The maximum atomic E-state index is 13.2. The van der Waals surface area contributed by atoms with E-state index in [0.717, 1.165) is 10.1 Å². The van der Waals surface area contributed by atoms with Crippen molar-refractivity contribution in [3.8, 4) is 11.6 Å². The van der Waals surface area contributed by atoms with Gasteiger partial charge in [0.25, 0.3) is 0 Å². The summed E-state index contributed by atoms with van der Waals surface area (Å²) < 4.78 is 8.13. The summed E-state index contributed by atoms with van der Waals surface area (Å²) in [6, 6.07) is 16.2. The summed E-state index contributed by atoms with van der Waals surface area (Å²) in [5, 5.41) is 12.6. The lowest BCUT2D eigenvalue weighted by molar-refractivity contribution is 0.0696. The zero-order chi connectivity index (χ0) is 25.8. The molecule has 0 bridgehead atoms. The van der Waals surface area contributed by atoms with Gasteiger partial charge in [0.1, 0.15) is 5.75 Å². The number of nitrogens with one attached hydrogen (secondary N) is 1. The van der Waals surface area contributed by atoms with Gasteiger partial charge in [0.2, 0.25) is 11.8 Å². The first-order valence-corrected chi connectivity index (χ1v) is 11.3. The molecular formula is C25H22ClN5O5. The molecule has 2 N–H and O–H groups in total. The van der Waals surface area contributed by atoms with E-state index in [9.17, 15) is 14.4 Å². The van der Waals surface area contributed by atoms with Crippen LogP contribution in [0.4, 0.5) is 11.6 Å². The predicted molar refractivity (Wildman–Crippen MR) is 135 cm³/mol. The van der Waals surface area contributed by atoms with Crippen LogP contribution >= 0.6 is 11.6 Å². The monoisotopic (exact) mass is 507 g/mol. The van der Waals surface area contributed by atoms with Crippen molar-refractivity contribution in [2.45, 2.75) is 26.4 Å². The standard InChI is InChI=1S/C25H22ClN5O5/c1-15(2)31-24(34)29-23(30(25(31)35)14-16-3-6-18(26)7-4-16)28-19-8-10-20(11-9-19)36-21-12-5-17(13-27-21)22(32)33/h3-13,15H,14H2,1-2H3,(H,32,33)(H,28,29,34). The second kappa shape index (κ2) is 10.4. The van der Waals surface area contributed by atoms with Crippen LogP contribution in [0.15, 0.2) is 76.4 Å². The maximum Gasteiger partial charge on any atom is 0.355 e. The number of nitrogens with zero attached hydrogens (tertiary/aromatic N) is 4. The van der Waals surface area contributed by atoms with Gasteiger partial charge in [-0.05, 0) is 61.9 Å². The Morgan fingerprint density at radius 3 is 2.33 bits per heavy atom. The summed E-state index contributed by atoms with van der Waals surface area (Å²) in [5.41, 5.74) is 0.290. The molecule has 0 fully saturated rings. The Morgan fingerprint density at radius 2 is 1.75 bits per heavy atom. The van der Waals surface area contributed by atoms with Gasteiger partial charge < -0.3 is 15.2 Å². The predicted octanol–water partition coefficient (Wildman–Crippen LogP) is 4.32. The smallest absolute Gasteiger partial charge is 0.355 e. The number of halogens is 1. The lowest BCUT2D eigenvalue weighted by atomic mass is 10.2. The molecule has 0 radical (unpaired) electrons. The molecule has 0 saturated heterocycles. The molecule has 2 aromatic carbocycles. The summed E-state index contributed by atoms with van der Waals surface area (Å²) in [7, 11) is 0. The van der Waals surface area contributed by atoms with E-state index in [1.807, 2.05) is 0 Å². The number of hydrogen-bond donors (Lipinski definition) is 2. The highest BCUT2D eigenvalue weighted by Gasteiger charge is 2.16. The molecule has 2 aromatic heterocycles. The van der Waals surface area contributed by atoms with Gasteiger partial charge in [0.05, 0.1) is 12.1 Å². The Balaban J connectivity index is 1.60. The average molecular weight is 508 g/mol. The number of aromatic carboxylic acids is 1. The first-order valence-electron chi connectivity index (χ1n) is 10.9. The molecule has 10 nitrogen and oxygen atoms in total. The summed E-state index contributed by atoms with van der Waals surface area (Å²) in [6.45, 7) is 3.66. The number of anilines is 2. The quantitative estimate of drug-likeness (QED) is 0.361. The minimum atomic E-state index is -1.08. The van der Waals surface area contributed by atoms with Crippen LogP contribution in [-0.4, -0.2) is 30.2 Å². The van der Waals surface area contributed by atoms with E-state index in [2.05, 4.69) is 15.3 Å². The van der Waals surface area contributed by atoms with Gasteiger partial charge >= 0.3 is 17.3 Å². The fourth-order valence-corrected chi connectivity index (χ4v) is 3.51. The van der Waals surface area contributed by atoms with Crippen molar-refractivity contribution in [2.24, 2.45) is 0 Å². The van der Waals surface area contributed by atoms with Gasteiger partial charge in [-0.3, -0.25) is 4.57 Å². The van der Waals surface area contributed by atoms with Crippen LogP contribution in [0.25, 0.3) is 0 Å². The third-order valence-corrected chi connectivity index (χ3v) is 5.44. The first-order chi connectivity index (χ1) is 17.2. The second-order valence-electron chi connectivity index (χ2n) is 8.12. The van der Waals surface area contributed by atoms with Crippen molar-refractivity contribution in [3.63, 3.8) is 0 Å². The van der Waals surface area contributed by atoms with E-state index in [4.69, 9.17) is 21.4 Å². The molecule has 0 aliphatic rings. The zero-order valence-corrected chi connectivity index (χ0v) is 20.1. The number of benzene rings is 2. The average Bonchev–Trinajstić information content (AvgIpc) is 2.84. The number of carboxylic acid groups (broad SMARTS) is 1. The lowest BCUT2D eigenvalue weighted by Gasteiger charge is -2.17. The Morgan fingerprint density at radius 1 is 1.06 bits per heavy atom. The van der Waals surface area contributed by atoms with Crippen molar-refractivity contribution in [1.82, 2.24) is 19.1 Å². The van der Waals surface area contributed by atoms with Crippen LogP contribution in [0.5, 0.6) is 11.6 Å². The van der Waals surface area contributed by atoms with Crippen LogP contribution in [0.3, 0.4) is 0 Å². The zero-order valence-electron chi connectivity index (χ0n) is 19.4. The summed E-state index contributed by atoms with van der Waals surface area (Å²) in [6.07, 6.45) is 1.21. The molecule has 11 heteroatoms. The van der Waals surface area contributed by atoms with Crippen molar-refractivity contribution in [3.05, 3.63) is 104 Å². The van der Waals surface area contributed by atoms with Crippen molar-refractivity contribution in [1.29, 1.82) is 0 Å². The molecule has 36 heavy (non-hydrogen) atoms. The van der Waals surface area contributed by atoms with Crippen LogP contribution < -0.4 is 21.4 Å². The Labute approximate surface area is 210 Å². The minimum absolute atomic E-state index is 0.0541. The molecule has 2 heterocycles. The Kier molecular flexibility index (Phi) is 7.16. The molecular weight excluding hydrogens is 486 g/mol. The second-order valence-corrected chi connectivity index (χ2v) is 8.56. The molecule has 0 aliphatic heterocycles. The summed E-state index contributed by atoms with van der Waals surface area (Å²) in [4.78, 5) is 44.8. The number of rotatable bonds is 8. The molecule has 0 aliphatic carbocycles. The molecule has 0 saturated carbocycles. The third-order valence-electron chi connectivity index (χ3n) is 5.19. The Hall–Kier alpha value is -4.44. The summed E-state index contributed by atoms with van der Waals surface area (Å²) in [5.74, 6) is -0.292. The molecule has 0 spiro atoms. The van der Waals surface area contributed by atoms with Gasteiger partial charge in [-0.2, -0.15) is 4.98 Å². The normalized spacial score (nSPS) is 10.9. The number of carbonyl (C=O) groups is 1. The van der Waals surface area contributed by atoms with Crippen LogP contribution in [0.2, 0.25) is 5.02 Å². The molecule has 0 atom stereocenters. The van der Waals surface area contributed by atoms with Crippen LogP contribution in [0, 0.1) is 0 Å². The highest BCUT2D eigenvalue weighted by Crippen LogP contribution is 2.23. The van der Waals surface area contributed by atoms with Crippen molar-refractivity contribution < 1.29 is 14.6 Å². The fraction of sp³-hybridized carbons (Fsp3) is 0.160. The third kappa shape index (κ3) is 5.61. The SMILES string of the molecule is CC(C)n1c(=O)nc(Nc2ccc(Oc3ccc(C(=O)O)cn3)cc2)n(Cc2ccc(Cl)cc2)c1=O. The van der Waals surface area contributed by atoms with Gasteiger partial charge in [-0.15, -0.1) is 0 Å². The highest BCUT2D eigenvalue weighted by atomic mass is 35.5. The largest absolute Gasteiger partial charge is 0.478 e. The molecule has 184 valence electrons.